The van der Waals surface area contributed by atoms with Crippen LogP contribution in [0.5, 0.6) is 0 Å². The van der Waals surface area contributed by atoms with E-state index in [1.54, 1.807) is 17.8 Å². The third-order valence-electron chi connectivity index (χ3n) is 5.62. The number of fused-ring (bicyclic) bond motifs is 1. The fraction of sp³-hybridized carbons (Fsp3) is 0.292. The van der Waals surface area contributed by atoms with Crippen LogP contribution >= 0.6 is 11.8 Å². The zero-order valence-corrected chi connectivity index (χ0v) is 18.3. The van der Waals surface area contributed by atoms with Gasteiger partial charge in [-0.15, -0.1) is 10.2 Å². The summed E-state index contributed by atoms with van der Waals surface area (Å²) in [6.07, 6.45) is 2.48. The molecule has 0 unspecified atom stereocenters. The van der Waals surface area contributed by atoms with Crippen LogP contribution in [0.3, 0.4) is 0 Å². The maximum Gasteiger partial charge on any atom is 0.336 e. The molecule has 0 bridgehead atoms. The molecule has 4 aromatic rings. The first-order valence-electron chi connectivity index (χ1n) is 10.6. The Morgan fingerprint density at radius 2 is 1.84 bits per heavy atom. The van der Waals surface area contributed by atoms with Crippen molar-refractivity contribution in [2.24, 2.45) is 0 Å². The fourth-order valence-electron chi connectivity index (χ4n) is 4.07. The van der Waals surface area contributed by atoms with Crippen molar-refractivity contribution in [2.75, 3.05) is 13.1 Å². The summed E-state index contributed by atoms with van der Waals surface area (Å²) in [4.78, 5) is 14.5. The van der Waals surface area contributed by atoms with Crippen molar-refractivity contribution >= 4 is 22.7 Å². The molecule has 1 aliphatic rings. The Morgan fingerprint density at radius 1 is 1.03 bits per heavy atom. The summed E-state index contributed by atoms with van der Waals surface area (Å²) in [5.74, 6) is 1.56. The van der Waals surface area contributed by atoms with Gasteiger partial charge in [0.2, 0.25) is 0 Å². The largest absolute Gasteiger partial charge is 0.423 e. The second-order valence-corrected chi connectivity index (χ2v) is 8.87. The lowest BCUT2D eigenvalue weighted by Crippen LogP contribution is -2.21. The molecule has 6 nitrogen and oxygen atoms in total. The molecule has 2 aromatic heterocycles. The van der Waals surface area contributed by atoms with Gasteiger partial charge in [-0.3, -0.25) is 9.47 Å². The highest BCUT2D eigenvalue weighted by atomic mass is 32.2. The Labute approximate surface area is 184 Å². The van der Waals surface area contributed by atoms with Crippen molar-refractivity contribution in [1.82, 2.24) is 19.7 Å². The summed E-state index contributed by atoms with van der Waals surface area (Å²) in [5, 5.41) is 10.8. The highest BCUT2D eigenvalue weighted by Crippen LogP contribution is 2.29. The predicted molar refractivity (Wildman–Crippen MR) is 123 cm³/mol. The first-order chi connectivity index (χ1) is 15.2. The quantitative estimate of drug-likeness (QED) is 0.328. The summed E-state index contributed by atoms with van der Waals surface area (Å²) in [5.41, 5.74) is 3.36. The Kier molecular flexibility index (Phi) is 5.61. The van der Waals surface area contributed by atoms with E-state index in [0.29, 0.717) is 11.3 Å². The first-order valence-corrected chi connectivity index (χ1v) is 11.5. The summed E-state index contributed by atoms with van der Waals surface area (Å²) < 4.78 is 7.54. The number of hydrogen-bond donors (Lipinski definition) is 0. The molecule has 158 valence electrons. The first kappa shape index (κ1) is 20.0. The molecule has 0 amide bonds. The fourth-order valence-corrected chi connectivity index (χ4v) is 5.03. The maximum atomic E-state index is 12.1. The van der Waals surface area contributed by atoms with Crippen LogP contribution in [0.15, 0.2) is 69.0 Å². The summed E-state index contributed by atoms with van der Waals surface area (Å²) in [6, 6.07) is 17.8. The smallest absolute Gasteiger partial charge is 0.336 e. The molecule has 0 atom stereocenters. The van der Waals surface area contributed by atoms with Crippen LogP contribution in [-0.2, 0) is 12.3 Å². The van der Waals surface area contributed by atoms with E-state index in [9.17, 15) is 4.79 Å². The SMILES string of the molecule is Cc1ccc2c(CSc3nnc(CN4CCCC4)n3-c3ccccc3)cc(=O)oc2c1. The lowest BCUT2D eigenvalue weighted by Gasteiger charge is -2.16. The topological polar surface area (TPSA) is 64.2 Å². The van der Waals surface area contributed by atoms with Gasteiger partial charge in [-0.05, 0) is 62.2 Å². The number of likely N-dealkylation sites (tertiary alicyclic amines) is 1. The van der Waals surface area contributed by atoms with Crippen molar-refractivity contribution in [1.29, 1.82) is 0 Å². The highest BCUT2D eigenvalue weighted by Gasteiger charge is 2.20. The van der Waals surface area contributed by atoms with Crippen LogP contribution < -0.4 is 5.63 Å². The molecule has 0 N–H and O–H groups in total. The number of aromatic nitrogens is 3. The minimum absolute atomic E-state index is 0.326. The van der Waals surface area contributed by atoms with Gasteiger partial charge in [0, 0.05) is 22.9 Å². The molecule has 7 heteroatoms. The van der Waals surface area contributed by atoms with Gasteiger partial charge in [0.25, 0.3) is 0 Å². The number of benzene rings is 2. The second-order valence-electron chi connectivity index (χ2n) is 7.93. The van der Waals surface area contributed by atoms with Gasteiger partial charge in [-0.1, -0.05) is 42.1 Å². The van der Waals surface area contributed by atoms with Crippen molar-refractivity contribution < 1.29 is 4.42 Å². The van der Waals surface area contributed by atoms with Crippen LogP contribution in [0, 0.1) is 6.92 Å². The Bertz CT molecular complexity index is 1260. The molecule has 1 aliphatic heterocycles. The van der Waals surface area contributed by atoms with E-state index in [0.717, 1.165) is 52.8 Å². The lowest BCUT2D eigenvalue weighted by molar-refractivity contribution is 0.319. The Balaban J connectivity index is 1.48. The molecule has 1 saturated heterocycles. The number of nitrogens with zero attached hydrogens (tertiary/aromatic N) is 4. The average Bonchev–Trinajstić information content (AvgIpc) is 3.42. The van der Waals surface area contributed by atoms with Gasteiger partial charge < -0.3 is 4.42 Å². The van der Waals surface area contributed by atoms with Crippen molar-refractivity contribution in [3.05, 3.63) is 82.0 Å². The van der Waals surface area contributed by atoms with E-state index in [2.05, 4.69) is 31.8 Å². The van der Waals surface area contributed by atoms with Gasteiger partial charge in [0.15, 0.2) is 11.0 Å². The highest BCUT2D eigenvalue weighted by molar-refractivity contribution is 7.98. The summed E-state index contributed by atoms with van der Waals surface area (Å²) in [6.45, 7) is 5.00. The Morgan fingerprint density at radius 3 is 2.65 bits per heavy atom. The zero-order valence-electron chi connectivity index (χ0n) is 17.5. The molecule has 0 spiro atoms. The van der Waals surface area contributed by atoms with Gasteiger partial charge >= 0.3 is 5.63 Å². The Hall–Kier alpha value is -2.90. The van der Waals surface area contributed by atoms with Crippen LogP contribution in [0.1, 0.15) is 29.8 Å². The maximum absolute atomic E-state index is 12.1. The van der Waals surface area contributed by atoms with Crippen LogP contribution in [0.2, 0.25) is 0 Å². The molecule has 3 heterocycles. The molecule has 31 heavy (non-hydrogen) atoms. The number of rotatable bonds is 6. The summed E-state index contributed by atoms with van der Waals surface area (Å²) in [7, 11) is 0. The summed E-state index contributed by atoms with van der Waals surface area (Å²) >= 11 is 1.59. The number of para-hydroxylation sites is 1. The monoisotopic (exact) mass is 432 g/mol. The molecular weight excluding hydrogens is 408 g/mol. The minimum atomic E-state index is -0.326. The van der Waals surface area contributed by atoms with Gasteiger partial charge in [-0.2, -0.15) is 0 Å². The molecule has 5 rings (SSSR count). The van der Waals surface area contributed by atoms with E-state index >= 15 is 0 Å². The van der Waals surface area contributed by atoms with Crippen LogP contribution in [-0.4, -0.2) is 32.8 Å². The lowest BCUT2D eigenvalue weighted by atomic mass is 10.1. The third-order valence-corrected chi connectivity index (χ3v) is 6.60. The van der Waals surface area contributed by atoms with Crippen molar-refractivity contribution in [3.63, 3.8) is 0 Å². The number of thioether (sulfide) groups is 1. The third kappa shape index (κ3) is 4.29. The molecule has 0 aliphatic carbocycles. The van der Waals surface area contributed by atoms with Crippen LogP contribution in [0.4, 0.5) is 0 Å². The zero-order chi connectivity index (χ0) is 21.2. The van der Waals surface area contributed by atoms with E-state index < -0.39 is 0 Å². The predicted octanol–water partition coefficient (Wildman–Crippen LogP) is 4.57. The van der Waals surface area contributed by atoms with Crippen LogP contribution in [0.25, 0.3) is 16.7 Å². The van der Waals surface area contributed by atoms with Gasteiger partial charge in [0.05, 0.1) is 6.54 Å². The number of hydrogen-bond acceptors (Lipinski definition) is 6. The van der Waals surface area contributed by atoms with Crippen molar-refractivity contribution in [3.8, 4) is 5.69 Å². The molecule has 0 radical (unpaired) electrons. The van der Waals surface area contributed by atoms with E-state index in [-0.39, 0.29) is 5.63 Å². The molecular formula is C24H24N4O2S. The normalized spacial score (nSPS) is 14.5. The molecule has 2 aromatic carbocycles. The van der Waals surface area contributed by atoms with Gasteiger partial charge in [-0.25, -0.2) is 4.79 Å². The van der Waals surface area contributed by atoms with E-state index in [4.69, 9.17) is 4.42 Å². The van der Waals surface area contributed by atoms with Crippen molar-refractivity contribution in [2.45, 2.75) is 37.2 Å². The second kappa shape index (κ2) is 8.69. The standard InChI is InChI=1S/C24H24N4O2S/c1-17-9-10-20-18(14-23(29)30-21(20)13-17)16-31-24-26-25-22(15-27-11-5-6-12-27)28(24)19-7-3-2-4-8-19/h2-4,7-10,13-14H,5-6,11-12,15-16H2,1H3. The number of aryl methyl sites for hydroxylation is 1. The van der Waals surface area contributed by atoms with Gasteiger partial charge in [0.1, 0.15) is 5.58 Å². The minimum Gasteiger partial charge on any atom is -0.423 e. The molecule has 0 saturated carbocycles. The van der Waals surface area contributed by atoms with E-state index in [1.807, 2.05) is 43.3 Å². The van der Waals surface area contributed by atoms with E-state index in [1.165, 1.54) is 12.8 Å². The average molecular weight is 433 g/mol. The molecule has 1 fully saturated rings.